The van der Waals surface area contributed by atoms with Crippen LogP contribution in [0, 0.1) is 0 Å². The van der Waals surface area contributed by atoms with E-state index in [-0.39, 0.29) is 34.4 Å². The molecule has 2 aliphatic heterocycles. The van der Waals surface area contributed by atoms with Gasteiger partial charge < -0.3 is 19.8 Å². The Labute approximate surface area is 193 Å². The number of ether oxygens (including phenoxy) is 2. The Morgan fingerprint density at radius 3 is 2.76 bits per heavy atom. The molecule has 2 aromatic heterocycles. The first-order chi connectivity index (χ1) is 15.8. The van der Waals surface area contributed by atoms with Crippen molar-refractivity contribution in [2.24, 2.45) is 0 Å². The van der Waals surface area contributed by atoms with Crippen LogP contribution in [0.3, 0.4) is 0 Å². The van der Waals surface area contributed by atoms with Crippen molar-refractivity contribution in [1.82, 2.24) is 14.8 Å². The highest BCUT2D eigenvalue weighted by Crippen LogP contribution is 2.41. The number of anilines is 1. The number of nitrogens with one attached hydrogen (secondary N) is 3. The van der Waals surface area contributed by atoms with Gasteiger partial charge in [0.05, 0.1) is 35.3 Å². The van der Waals surface area contributed by atoms with Crippen LogP contribution in [-0.4, -0.2) is 45.7 Å². The molecule has 10 heteroatoms. The molecule has 0 unspecified atom stereocenters. The maximum absolute atomic E-state index is 13.2. The molecule has 1 saturated heterocycles. The zero-order valence-corrected chi connectivity index (χ0v) is 19.5. The summed E-state index contributed by atoms with van der Waals surface area (Å²) < 4.78 is 12.9. The zero-order chi connectivity index (χ0) is 23.3. The summed E-state index contributed by atoms with van der Waals surface area (Å²) in [6.07, 6.45) is 1.40. The Hall–Kier alpha value is -2.98. The van der Waals surface area contributed by atoms with Crippen molar-refractivity contribution in [2.75, 3.05) is 24.8 Å². The van der Waals surface area contributed by atoms with E-state index >= 15 is 0 Å². The van der Waals surface area contributed by atoms with E-state index in [9.17, 15) is 14.4 Å². The fourth-order valence-electron chi connectivity index (χ4n) is 4.71. The van der Waals surface area contributed by atoms with Crippen LogP contribution < -0.4 is 21.2 Å². The van der Waals surface area contributed by atoms with E-state index in [2.05, 4.69) is 15.4 Å². The van der Waals surface area contributed by atoms with Crippen LogP contribution in [0.25, 0.3) is 10.9 Å². The molecular weight excluding hydrogens is 444 g/mol. The average molecular weight is 471 g/mol. The second-order valence-corrected chi connectivity index (χ2v) is 10.2. The van der Waals surface area contributed by atoms with E-state index in [1.165, 1.54) is 11.8 Å². The number of hydrogen-bond donors (Lipinski definition) is 3. The summed E-state index contributed by atoms with van der Waals surface area (Å²) >= 11 is 1.27. The smallest absolute Gasteiger partial charge is 0.270 e. The van der Waals surface area contributed by atoms with Gasteiger partial charge in [-0.3, -0.25) is 24.2 Å². The Morgan fingerprint density at radius 1 is 1.18 bits per heavy atom. The Kier molecular flexibility index (Phi) is 5.37. The molecule has 5 rings (SSSR count). The number of pyridine rings is 1. The topological polar surface area (TPSA) is 118 Å². The summed E-state index contributed by atoms with van der Waals surface area (Å²) in [5.41, 5.74) is 0.559. The lowest BCUT2D eigenvalue weighted by Gasteiger charge is -2.36. The maximum atomic E-state index is 13.2. The predicted octanol–water partition coefficient (Wildman–Crippen LogP) is 2.93. The molecule has 9 nitrogen and oxygen atoms in total. The molecule has 2 aliphatic rings. The van der Waals surface area contributed by atoms with Gasteiger partial charge in [-0.1, -0.05) is 0 Å². The second-order valence-electron chi connectivity index (χ2n) is 9.07. The van der Waals surface area contributed by atoms with E-state index in [4.69, 9.17) is 9.47 Å². The molecule has 4 heterocycles. The number of benzene rings is 1. The quantitative estimate of drug-likeness (QED) is 0.542. The molecule has 33 heavy (non-hydrogen) atoms. The number of aromatic amines is 2. The highest BCUT2D eigenvalue weighted by molar-refractivity contribution is 8.00. The molecular formula is C23H26N4O5S. The molecule has 0 spiro atoms. The maximum Gasteiger partial charge on any atom is 0.270 e. The SMILES string of the molecule is COc1ccc2[nH]c(=O)c([C@H]3SCC(=O)Nc4c3c(=O)[nH]n4[C@@H]3CCOC(C)(C)C3)cc2c1. The van der Waals surface area contributed by atoms with Crippen molar-refractivity contribution in [3.05, 3.63) is 56.1 Å². The van der Waals surface area contributed by atoms with Crippen molar-refractivity contribution in [1.29, 1.82) is 0 Å². The van der Waals surface area contributed by atoms with E-state index < -0.39 is 5.25 Å². The van der Waals surface area contributed by atoms with Crippen LogP contribution in [-0.2, 0) is 9.53 Å². The lowest BCUT2D eigenvalue weighted by Crippen LogP contribution is -2.36. The van der Waals surface area contributed by atoms with Crippen molar-refractivity contribution in [3.63, 3.8) is 0 Å². The Balaban J connectivity index is 1.65. The van der Waals surface area contributed by atoms with Crippen molar-refractivity contribution in [3.8, 4) is 5.75 Å². The number of nitrogens with zero attached hydrogens (tertiary/aromatic N) is 1. The highest BCUT2D eigenvalue weighted by atomic mass is 32.2. The van der Waals surface area contributed by atoms with Crippen LogP contribution in [0.5, 0.6) is 5.75 Å². The van der Waals surface area contributed by atoms with Gasteiger partial charge in [-0.2, -0.15) is 0 Å². The first-order valence-corrected chi connectivity index (χ1v) is 11.9. The minimum atomic E-state index is -0.601. The average Bonchev–Trinajstić information content (AvgIpc) is 2.98. The number of amides is 1. The number of aromatic nitrogens is 3. The van der Waals surface area contributed by atoms with Gasteiger partial charge in [0.25, 0.3) is 11.1 Å². The number of methoxy groups -OCH3 is 1. The van der Waals surface area contributed by atoms with Gasteiger partial charge in [0, 0.05) is 23.1 Å². The molecule has 0 radical (unpaired) electrons. The summed E-state index contributed by atoms with van der Waals surface area (Å²) in [4.78, 5) is 41.7. The zero-order valence-electron chi connectivity index (χ0n) is 18.7. The Bertz CT molecular complexity index is 1360. The van der Waals surface area contributed by atoms with Gasteiger partial charge >= 0.3 is 0 Å². The molecule has 0 aliphatic carbocycles. The summed E-state index contributed by atoms with van der Waals surface area (Å²) in [7, 11) is 1.58. The number of hydrogen-bond acceptors (Lipinski definition) is 6. The third-order valence-corrected chi connectivity index (χ3v) is 7.51. The van der Waals surface area contributed by atoms with Gasteiger partial charge in [-0.25, -0.2) is 0 Å². The third-order valence-electron chi connectivity index (χ3n) is 6.26. The van der Waals surface area contributed by atoms with Crippen LogP contribution in [0.15, 0.2) is 33.9 Å². The first-order valence-electron chi connectivity index (χ1n) is 10.9. The summed E-state index contributed by atoms with van der Waals surface area (Å²) in [5.74, 6) is 1.03. The van der Waals surface area contributed by atoms with Crippen LogP contribution in [0.1, 0.15) is 49.1 Å². The summed E-state index contributed by atoms with van der Waals surface area (Å²) in [5, 5.41) is 6.03. The summed E-state index contributed by atoms with van der Waals surface area (Å²) in [6.45, 7) is 4.59. The third kappa shape index (κ3) is 3.97. The minimum absolute atomic E-state index is 0.0339. The number of fused-ring (bicyclic) bond motifs is 2. The second kappa shape index (κ2) is 8.11. The number of rotatable bonds is 3. The molecule has 1 amide bonds. The van der Waals surface area contributed by atoms with E-state index in [0.29, 0.717) is 47.7 Å². The molecule has 1 aromatic carbocycles. The Morgan fingerprint density at radius 2 is 2.00 bits per heavy atom. The fraction of sp³-hybridized carbons (Fsp3) is 0.435. The number of thioether (sulfide) groups is 1. The lowest BCUT2D eigenvalue weighted by molar-refractivity contribution is -0.113. The number of carbonyl (C=O) groups is 1. The van der Waals surface area contributed by atoms with Gasteiger partial charge in [0.2, 0.25) is 5.91 Å². The largest absolute Gasteiger partial charge is 0.497 e. The lowest BCUT2D eigenvalue weighted by atomic mass is 9.94. The fourth-order valence-corrected chi connectivity index (χ4v) is 5.84. The highest BCUT2D eigenvalue weighted by Gasteiger charge is 2.36. The molecule has 0 bridgehead atoms. The summed E-state index contributed by atoms with van der Waals surface area (Å²) in [6, 6.07) is 7.14. The monoisotopic (exact) mass is 470 g/mol. The molecule has 1 fully saturated rings. The normalized spacial score (nSPS) is 22.5. The molecule has 174 valence electrons. The first kappa shape index (κ1) is 21.8. The molecule has 0 saturated carbocycles. The van der Waals surface area contributed by atoms with E-state index in [1.807, 2.05) is 19.9 Å². The van der Waals surface area contributed by atoms with E-state index in [0.717, 1.165) is 5.39 Å². The number of carbonyl (C=O) groups excluding carboxylic acids is 1. The van der Waals surface area contributed by atoms with Gasteiger partial charge in [-0.15, -0.1) is 11.8 Å². The van der Waals surface area contributed by atoms with Crippen molar-refractivity contribution in [2.45, 2.75) is 43.6 Å². The van der Waals surface area contributed by atoms with E-state index in [1.54, 1.807) is 30.0 Å². The standard InChI is InChI=1S/C23H26N4O5S/c1-23(2)10-13(6-7-32-23)27-20-18(22(30)26-27)19(33-11-17(28)25-20)15-9-12-8-14(31-3)4-5-16(12)24-21(15)29/h4-5,8-9,13,19H,6-7,10-11H2,1-3H3,(H,24,29)(H,25,28)(H,26,30)/t13-,19-/m1/s1. The van der Waals surface area contributed by atoms with Crippen molar-refractivity contribution >= 4 is 34.4 Å². The van der Waals surface area contributed by atoms with Gasteiger partial charge in [-0.05, 0) is 51.0 Å². The van der Waals surface area contributed by atoms with Crippen LogP contribution in [0.2, 0.25) is 0 Å². The molecule has 3 N–H and O–H groups in total. The minimum Gasteiger partial charge on any atom is -0.497 e. The van der Waals surface area contributed by atoms with Crippen molar-refractivity contribution < 1.29 is 14.3 Å². The molecule has 2 atom stereocenters. The van der Waals surface area contributed by atoms with Crippen LogP contribution in [0.4, 0.5) is 5.82 Å². The predicted molar refractivity (Wildman–Crippen MR) is 127 cm³/mol. The molecule has 3 aromatic rings. The number of H-pyrrole nitrogens is 2. The van der Waals surface area contributed by atoms with Gasteiger partial charge in [0.15, 0.2) is 0 Å². The van der Waals surface area contributed by atoms with Gasteiger partial charge in [0.1, 0.15) is 11.6 Å². The van der Waals surface area contributed by atoms with Crippen LogP contribution >= 0.6 is 11.8 Å².